The van der Waals surface area contributed by atoms with Gasteiger partial charge in [-0.1, -0.05) is 26.6 Å². The normalized spacial score (nSPS) is 12.0. The van der Waals surface area contributed by atoms with Gasteiger partial charge in [0.05, 0.1) is 8.07 Å². The van der Waals surface area contributed by atoms with Crippen molar-refractivity contribution >= 4 is 8.07 Å². The molecule has 0 unspecified atom stereocenters. The molecule has 0 bridgehead atoms. The first kappa shape index (κ1) is 9.18. The lowest BCUT2D eigenvalue weighted by Gasteiger charge is -2.15. The lowest BCUT2D eigenvalue weighted by Crippen LogP contribution is -2.36. The van der Waals surface area contributed by atoms with Crippen molar-refractivity contribution in [3.05, 3.63) is 0 Å². The molecule has 0 rings (SSSR count). The summed E-state index contributed by atoms with van der Waals surface area (Å²) in [4.78, 5) is 0. The smallest absolute Gasteiger partial charge is 0.0595 e. The molecule has 0 spiro atoms. The second kappa shape index (κ2) is 4.07. The highest BCUT2D eigenvalue weighted by atomic mass is 28.3. The van der Waals surface area contributed by atoms with E-state index in [1.807, 2.05) is 0 Å². The van der Waals surface area contributed by atoms with Crippen LogP contribution in [0, 0.1) is 0 Å². The predicted octanol–water partition coefficient (Wildman–Crippen LogP) is 1.86. The van der Waals surface area contributed by atoms with Crippen LogP contribution < -0.4 is 5.32 Å². The first-order valence-electron chi connectivity index (χ1n) is 3.77. The van der Waals surface area contributed by atoms with Gasteiger partial charge in [0.1, 0.15) is 0 Å². The molecule has 2 heteroatoms. The highest BCUT2D eigenvalue weighted by Crippen LogP contribution is 1.96. The Morgan fingerprint density at radius 3 is 2.11 bits per heavy atom. The molecule has 0 heterocycles. The van der Waals surface area contributed by atoms with Crippen LogP contribution in [0.3, 0.4) is 0 Å². The van der Waals surface area contributed by atoms with Crippen LogP contribution in [0.15, 0.2) is 0 Å². The standard InChI is InChI=1S/C7H19NSi/c1-5-6-8-7-9(2,3)4/h8H,5-7H2,1-4H3. The van der Waals surface area contributed by atoms with E-state index in [4.69, 9.17) is 0 Å². The number of hydrogen-bond acceptors (Lipinski definition) is 1. The zero-order chi connectivity index (χ0) is 7.33. The summed E-state index contributed by atoms with van der Waals surface area (Å²) in [7, 11) is -0.806. The number of nitrogens with one attached hydrogen (secondary N) is 1. The molecule has 56 valence electrons. The molecule has 0 aromatic heterocycles. The van der Waals surface area contributed by atoms with E-state index in [0.29, 0.717) is 0 Å². The Labute approximate surface area is 59.9 Å². The zero-order valence-corrected chi connectivity index (χ0v) is 8.12. The Morgan fingerprint density at radius 1 is 1.22 bits per heavy atom. The SMILES string of the molecule is CCCNC[Si](C)(C)C. The predicted molar refractivity (Wildman–Crippen MR) is 46.5 cm³/mol. The Morgan fingerprint density at radius 2 is 1.78 bits per heavy atom. The van der Waals surface area contributed by atoms with E-state index in [1.54, 1.807) is 0 Å². The Hall–Kier alpha value is 0.177. The number of hydrogen-bond donors (Lipinski definition) is 1. The molecule has 0 aliphatic heterocycles. The second-order valence-corrected chi connectivity index (χ2v) is 9.21. The van der Waals surface area contributed by atoms with E-state index in [0.717, 1.165) is 0 Å². The maximum absolute atomic E-state index is 3.44. The van der Waals surface area contributed by atoms with E-state index in [2.05, 4.69) is 31.9 Å². The van der Waals surface area contributed by atoms with E-state index in [-0.39, 0.29) is 0 Å². The van der Waals surface area contributed by atoms with Gasteiger partial charge < -0.3 is 5.32 Å². The molecule has 0 aliphatic rings. The molecule has 0 radical (unpaired) electrons. The average molecular weight is 145 g/mol. The van der Waals surface area contributed by atoms with E-state index >= 15 is 0 Å². The van der Waals surface area contributed by atoms with E-state index in [9.17, 15) is 0 Å². The first-order valence-corrected chi connectivity index (χ1v) is 7.47. The van der Waals surface area contributed by atoms with Crippen LogP contribution in [-0.2, 0) is 0 Å². The summed E-state index contributed by atoms with van der Waals surface area (Å²) in [6, 6.07) is 0. The topological polar surface area (TPSA) is 12.0 Å². The van der Waals surface area contributed by atoms with Crippen molar-refractivity contribution in [3.8, 4) is 0 Å². The zero-order valence-electron chi connectivity index (χ0n) is 7.12. The quantitative estimate of drug-likeness (QED) is 0.470. The van der Waals surface area contributed by atoms with Gasteiger partial charge >= 0.3 is 0 Å². The van der Waals surface area contributed by atoms with E-state index in [1.165, 1.54) is 19.1 Å². The summed E-state index contributed by atoms with van der Waals surface area (Å²) in [5.41, 5.74) is 0. The summed E-state index contributed by atoms with van der Waals surface area (Å²) >= 11 is 0. The first-order chi connectivity index (χ1) is 4.06. The third-order valence-electron chi connectivity index (χ3n) is 1.08. The summed E-state index contributed by atoms with van der Waals surface area (Å²) in [5.74, 6) is 0. The van der Waals surface area contributed by atoms with Gasteiger partial charge in [-0.2, -0.15) is 0 Å². The molecule has 0 atom stereocenters. The highest BCUT2D eigenvalue weighted by Gasteiger charge is 2.10. The summed E-state index contributed by atoms with van der Waals surface area (Å²) in [5, 5.41) is 3.44. The molecule has 0 aromatic carbocycles. The fourth-order valence-electron chi connectivity index (χ4n) is 0.640. The molecule has 0 amide bonds. The van der Waals surface area contributed by atoms with Crippen molar-refractivity contribution in [2.45, 2.75) is 33.0 Å². The molecule has 0 saturated heterocycles. The van der Waals surface area contributed by atoms with Gasteiger partial charge in [0, 0.05) is 0 Å². The molecule has 1 nitrogen and oxygen atoms in total. The van der Waals surface area contributed by atoms with Crippen LogP contribution in [0.25, 0.3) is 0 Å². The number of rotatable bonds is 4. The fraction of sp³-hybridized carbons (Fsp3) is 1.00. The van der Waals surface area contributed by atoms with Crippen molar-refractivity contribution in [2.24, 2.45) is 0 Å². The van der Waals surface area contributed by atoms with Gasteiger partial charge in [-0.15, -0.1) is 0 Å². The summed E-state index contributed by atoms with van der Waals surface area (Å²) in [6.07, 6.45) is 2.52. The lowest BCUT2D eigenvalue weighted by atomic mass is 10.5. The Balaban J connectivity index is 3.07. The van der Waals surface area contributed by atoms with Crippen LogP contribution >= 0.6 is 0 Å². The minimum atomic E-state index is -0.806. The minimum Gasteiger partial charge on any atom is -0.319 e. The van der Waals surface area contributed by atoms with Crippen LogP contribution in [0.5, 0.6) is 0 Å². The second-order valence-electron chi connectivity index (χ2n) is 3.74. The molecule has 0 aromatic rings. The lowest BCUT2D eigenvalue weighted by molar-refractivity contribution is 0.742. The average Bonchev–Trinajstić information content (AvgIpc) is 1.63. The summed E-state index contributed by atoms with van der Waals surface area (Å²) < 4.78 is 0. The van der Waals surface area contributed by atoms with Gasteiger partial charge in [-0.05, 0) is 19.1 Å². The van der Waals surface area contributed by atoms with Crippen molar-refractivity contribution in [1.82, 2.24) is 5.32 Å². The van der Waals surface area contributed by atoms with E-state index < -0.39 is 8.07 Å². The van der Waals surface area contributed by atoms with Crippen molar-refractivity contribution in [2.75, 3.05) is 12.7 Å². The van der Waals surface area contributed by atoms with Crippen LogP contribution in [0.1, 0.15) is 13.3 Å². The minimum absolute atomic E-state index is 0.806. The third kappa shape index (κ3) is 8.18. The summed E-state index contributed by atoms with van der Waals surface area (Å²) in [6.45, 7) is 10.5. The molecule has 0 aliphatic carbocycles. The molecule has 9 heavy (non-hydrogen) atoms. The van der Waals surface area contributed by atoms with Gasteiger partial charge in [0.2, 0.25) is 0 Å². The molecule has 0 fully saturated rings. The highest BCUT2D eigenvalue weighted by molar-refractivity contribution is 6.76. The Kier molecular flexibility index (Phi) is 4.15. The van der Waals surface area contributed by atoms with Gasteiger partial charge in [0.25, 0.3) is 0 Å². The van der Waals surface area contributed by atoms with Crippen molar-refractivity contribution < 1.29 is 0 Å². The molecular weight excluding hydrogens is 126 g/mol. The molecular formula is C7H19NSi. The van der Waals surface area contributed by atoms with Crippen LogP contribution in [0.4, 0.5) is 0 Å². The molecule has 1 N–H and O–H groups in total. The largest absolute Gasteiger partial charge is 0.319 e. The van der Waals surface area contributed by atoms with Crippen molar-refractivity contribution in [3.63, 3.8) is 0 Å². The van der Waals surface area contributed by atoms with Crippen LogP contribution in [-0.4, -0.2) is 20.8 Å². The van der Waals surface area contributed by atoms with Gasteiger partial charge in [0.15, 0.2) is 0 Å². The van der Waals surface area contributed by atoms with Gasteiger partial charge in [-0.3, -0.25) is 0 Å². The van der Waals surface area contributed by atoms with Crippen molar-refractivity contribution in [1.29, 1.82) is 0 Å². The van der Waals surface area contributed by atoms with Crippen LogP contribution in [0.2, 0.25) is 19.6 Å². The maximum atomic E-state index is 3.44. The third-order valence-corrected chi connectivity index (χ3v) is 2.39. The fourth-order valence-corrected chi connectivity index (χ4v) is 1.57. The van der Waals surface area contributed by atoms with Gasteiger partial charge in [-0.25, -0.2) is 0 Å². The molecule has 0 saturated carbocycles. The Bertz CT molecular complexity index is 65.8. The maximum Gasteiger partial charge on any atom is 0.0595 e. The monoisotopic (exact) mass is 145 g/mol.